The van der Waals surface area contributed by atoms with Crippen molar-refractivity contribution in [3.8, 4) is 0 Å². The van der Waals surface area contributed by atoms with Crippen molar-refractivity contribution in [1.29, 1.82) is 0 Å². The first-order valence-corrected chi connectivity index (χ1v) is 8.07. The Kier molecular flexibility index (Phi) is 6.80. The van der Waals surface area contributed by atoms with Crippen molar-refractivity contribution < 1.29 is 29.9 Å². The van der Waals surface area contributed by atoms with E-state index >= 15 is 0 Å². The van der Waals surface area contributed by atoms with Crippen molar-refractivity contribution in [2.45, 2.75) is 90.2 Å². The highest BCUT2D eigenvalue weighted by atomic mass is 16.7. The van der Waals surface area contributed by atoms with E-state index in [-0.39, 0.29) is 5.41 Å². The zero-order valence-corrected chi connectivity index (χ0v) is 14.3. The van der Waals surface area contributed by atoms with Gasteiger partial charge in [0.1, 0.15) is 24.4 Å². The van der Waals surface area contributed by atoms with Crippen LogP contribution in [0, 0.1) is 5.41 Å². The van der Waals surface area contributed by atoms with Crippen LogP contribution in [0.5, 0.6) is 0 Å². The van der Waals surface area contributed by atoms with Crippen molar-refractivity contribution in [1.82, 2.24) is 0 Å². The van der Waals surface area contributed by atoms with Gasteiger partial charge in [0.05, 0.1) is 12.2 Å². The second-order valence-electron chi connectivity index (χ2n) is 7.31. The fourth-order valence-corrected chi connectivity index (χ4v) is 2.83. The summed E-state index contributed by atoms with van der Waals surface area (Å²) in [5, 5.41) is 39.0. The molecule has 1 aliphatic heterocycles. The molecule has 0 bridgehead atoms. The predicted molar refractivity (Wildman–Crippen MR) is 82.2 cm³/mol. The standard InChI is InChI=1S/C16H32O6/c1-6-15(3,4)9-16(5,7-2)22-14-13(20)12(19)11(18)10(8-17)21-14/h10-14,17-20H,6-9H2,1-5H3. The summed E-state index contributed by atoms with van der Waals surface area (Å²) in [6, 6.07) is 0. The lowest BCUT2D eigenvalue weighted by molar-refractivity contribution is -0.328. The maximum atomic E-state index is 10.1. The molecule has 0 aliphatic carbocycles. The van der Waals surface area contributed by atoms with E-state index in [2.05, 4.69) is 20.8 Å². The van der Waals surface area contributed by atoms with Gasteiger partial charge in [0.15, 0.2) is 6.29 Å². The fraction of sp³-hybridized carbons (Fsp3) is 1.00. The summed E-state index contributed by atoms with van der Waals surface area (Å²) in [5.41, 5.74) is -0.466. The van der Waals surface area contributed by atoms with Crippen LogP contribution in [0.4, 0.5) is 0 Å². The van der Waals surface area contributed by atoms with Crippen molar-refractivity contribution in [3.63, 3.8) is 0 Å². The summed E-state index contributed by atoms with van der Waals surface area (Å²) >= 11 is 0. The molecule has 1 heterocycles. The van der Waals surface area contributed by atoms with Gasteiger partial charge in [-0.15, -0.1) is 0 Å². The lowest BCUT2D eigenvalue weighted by atomic mass is 9.78. The molecule has 0 spiro atoms. The van der Waals surface area contributed by atoms with Crippen molar-refractivity contribution in [2.75, 3.05) is 6.61 Å². The lowest BCUT2D eigenvalue weighted by Gasteiger charge is -2.45. The zero-order valence-electron chi connectivity index (χ0n) is 14.3. The molecule has 0 amide bonds. The molecule has 1 fully saturated rings. The first-order chi connectivity index (χ1) is 10.1. The van der Waals surface area contributed by atoms with Crippen LogP contribution in [0.3, 0.4) is 0 Å². The van der Waals surface area contributed by atoms with Gasteiger partial charge in [-0.25, -0.2) is 0 Å². The summed E-state index contributed by atoms with van der Waals surface area (Å²) in [4.78, 5) is 0. The van der Waals surface area contributed by atoms with Gasteiger partial charge in [-0.3, -0.25) is 0 Å². The molecular weight excluding hydrogens is 288 g/mol. The Bertz CT molecular complexity index is 346. The summed E-state index contributed by atoms with van der Waals surface area (Å²) < 4.78 is 11.4. The molecule has 1 aliphatic rings. The van der Waals surface area contributed by atoms with E-state index in [1.807, 2.05) is 13.8 Å². The van der Waals surface area contributed by atoms with E-state index in [9.17, 15) is 20.4 Å². The Morgan fingerprint density at radius 2 is 1.55 bits per heavy atom. The van der Waals surface area contributed by atoms with Crippen LogP contribution in [-0.2, 0) is 9.47 Å². The van der Waals surface area contributed by atoms with Gasteiger partial charge in [-0.2, -0.15) is 0 Å². The Labute approximate surface area is 133 Å². The van der Waals surface area contributed by atoms with Crippen LogP contribution in [-0.4, -0.2) is 63.3 Å². The van der Waals surface area contributed by atoms with Crippen LogP contribution >= 0.6 is 0 Å². The summed E-state index contributed by atoms with van der Waals surface area (Å²) in [6.07, 6.45) is -3.67. The van der Waals surface area contributed by atoms with Gasteiger partial charge in [0.25, 0.3) is 0 Å². The predicted octanol–water partition coefficient (Wildman–Crippen LogP) is 0.798. The van der Waals surface area contributed by atoms with Crippen molar-refractivity contribution >= 4 is 0 Å². The van der Waals surface area contributed by atoms with Gasteiger partial charge >= 0.3 is 0 Å². The van der Waals surface area contributed by atoms with E-state index in [0.717, 1.165) is 12.8 Å². The molecular formula is C16H32O6. The summed E-state index contributed by atoms with van der Waals surface area (Å²) in [5.74, 6) is 0. The first-order valence-electron chi connectivity index (χ1n) is 8.07. The average molecular weight is 320 g/mol. The van der Waals surface area contributed by atoms with E-state index in [1.54, 1.807) is 0 Å². The van der Waals surface area contributed by atoms with Gasteiger partial charge < -0.3 is 29.9 Å². The molecule has 6 unspecified atom stereocenters. The van der Waals surface area contributed by atoms with Crippen LogP contribution in [0.25, 0.3) is 0 Å². The monoisotopic (exact) mass is 320 g/mol. The molecule has 6 nitrogen and oxygen atoms in total. The van der Waals surface area contributed by atoms with Crippen LogP contribution < -0.4 is 0 Å². The van der Waals surface area contributed by atoms with Crippen molar-refractivity contribution in [3.05, 3.63) is 0 Å². The van der Waals surface area contributed by atoms with Gasteiger partial charge in [-0.05, 0) is 25.2 Å². The molecule has 0 aromatic rings. The third kappa shape index (κ3) is 4.63. The number of hydrogen-bond acceptors (Lipinski definition) is 6. The van der Waals surface area contributed by atoms with E-state index in [4.69, 9.17) is 9.47 Å². The van der Waals surface area contributed by atoms with Gasteiger partial charge in [0, 0.05) is 0 Å². The number of aliphatic hydroxyl groups excluding tert-OH is 4. The maximum absolute atomic E-state index is 10.1. The number of ether oxygens (including phenoxy) is 2. The molecule has 1 rings (SSSR count). The Hall–Kier alpha value is -0.240. The van der Waals surface area contributed by atoms with Gasteiger partial charge in [0.2, 0.25) is 0 Å². The van der Waals surface area contributed by atoms with E-state index in [0.29, 0.717) is 6.42 Å². The minimum Gasteiger partial charge on any atom is -0.394 e. The average Bonchev–Trinajstić information content (AvgIpc) is 2.47. The van der Waals surface area contributed by atoms with E-state index < -0.39 is 42.9 Å². The number of hydrogen-bond donors (Lipinski definition) is 4. The molecule has 0 saturated carbocycles. The van der Waals surface area contributed by atoms with Gasteiger partial charge in [-0.1, -0.05) is 34.1 Å². The van der Waals surface area contributed by atoms with Crippen molar-refractivity contribution in [2.24, 2.45) is 5.41 Å². The van der Waals surface area contributed by atoms with E-state index in [1.165, 1.54) is 0 Å². The third-order valence-electron chi connectivity index (χ3n) is 4.81. The topological polar surface area (TPSA) is 99.4 Å². The molecule has 4 N–H and O–H groups in total. The highest BCUT2D eigenvalue weighted by molar-refractivity contribution is 4.91. The summed E-state index contributed by atoms with van der Waals surface area (Å²) in [6.45, 7) is 9.91. The molecule has 132 valence electrons. The third-order valence-corrected chi connectivity index (χ3v) is 4.81. The maximum Gasteiger partial charge on any atom is 0.187 e. The smallest absolute Gasteiger partial charge is 0.187 e. The fourth-order valence-electron chi connectivity index (χ4n) is 2.83. The summed E-state index contributed by atoms with van der Waals surface area (Å²) in [7, 11) is 0. The molecule has 1 saturated heterocycles. The quantitative estimate of drug-likeness (QED) is 0.554. The Morgan fingerprint density at radius 1 is 0.955 bits per heavy atom. The minimum absolute atomic E-state index is 0.0683. The largest absolute Gasteiger partial charge is 0.394 e. The normalized spacial score (nSPS) is 36.1. The highest BCUT2D eigenvalue weighted by Crippen LogP contribution is 2.37. The Morgan fingerprint density at radius 3 is 2.00 bits per heavy atom. The molecule has 0 radical (unpaired) electrons. The number of aliphatic hydroxyl groups is 4. The van der Waals surface area contributed by atoms with Crippen LogP contribution in [0.2, 0.25) is 0 Å². The van der Waals surface area contributed by atoms with Crippen LogP contribution in [0.15, 0.2) is 0 Å². The number of rotatable bonds is 7. The molecule has 22 heavy (non-hydrogen) atoms. The molecule has 0 aromatic heterocycles. The zero-order chi connectivity index (χ0) is 17.1. The lowest BCUT2D eigenvalue weighted by Crippen LogP contribution is -2.60. The second kappa shape index (κ2) is 7.55. The SMILES string of the molecule is CCC(C)(C)CC(C)(CC)OC1OC(CO)C(O)C(O)C1O. The first kappa shape index (κ1) is 19.8. The molecule has 0 aromatic carbocycles. The Balaban J connectivity index is 2.84. The minimum atomic E-state index is -1.41. The highest BCUT2D eigenvalue weighted by Gasteiger charge is 2.46. The molecule has 6 heteroatoms. The van der Waals surface area contributed by atoms with Crippen LogP contribution in [0.1, 0.15) is 53.9 Å². The molecule has 6 atom stereocenters. The second-order valence-corrected chi connectivity index (χ2v) is 7.31.